The summed E-state index contributed by atoms with van der Waals surface area (Å²) in [5.41, 5.74) is 3.69. The molecular weight excluding hydrogens is 410 g/mol. The molecule has 1 unspecified atom stereocenters. The molecule has 2 heterocycles. The molecule has 0 bridgehead atoms. The van der Waals surface area contributed by atoms with Crippen LogP contribution in [0.5, 0.6) is 0 Å². The highest BCUT2D eigenvalue weighted by atomic mass is 32.1. The zero-order chi connectivity index (χ0) is 21.8. The number of carbonyl (C=O) groups is 2. The average Bonchev–Trinajstić information content (AvgIpc) is 3.28. The van der Waals surface area contributed by atoms with Gasteiger partial charge in [0.15, 0.2) is 0 Å². The Morgan fingerprint density at radius 3 is 2.68 bits per heavy atom. The van der Waals surface area contributed by atoms with Gasteiger partial charge in [-0.3, -0.25) is 4.79 Å². The highest BCUT2D eigenvalue weighted by Gasteiger charge is 2.28. The Morgan fingerprint density at radius 1 is 1.06 bits per heavy atom. The fourth-order valence-corrected chi connectivity index (χ4v) is 4.49. The Morgan fingerprint density at radius 2 is 1.87 bits per heavy atom. The van der Waals surface area contributed by atoms with Crippen LogP contribution >= 0.6 is 11.3 Å². The summed E-state index contributed by atoms with van der Waals surface area (Å²) in [4.78, 5) is 27.1. The number of para-hydroxylation sites is 1. The molecule has 3 amide bonds. The van der Waals surface area contributed by atoms with Crippen molar-refractivity contribution in [1.82, 2.24) is 15.1 Å². The number of carbonyl (C=O) groups excluding carboxylic acids is 2. The Labute approximate surface area is 185 Å². The molecule has 1 aromatic heterocycles. The molecule has 31 heavy (non-hydrogen) atoms. The quantitative estimate of drug-likeness (QED) is 0.615. The number of benzene rings is 2. The van der Waals surface area contributed by atoms with Crippen molar-refractivity contribution < 1.29 is 9.59 Å². The zero-order valence-corrected chi connectivity index (χ0v) is 18.4. The van der Waals surface area contributed by atoms with E-state index in [-0.39, 0.29) is 17.9 Å². The maximum atomic E-state index is 12.8. The number of anilines is 2. The number of piperidine rings is 1. The number of amides is 3. The summed E-state index contributed by atoms with van der Waals surface area (Å²) < 4.78 is 0. The molecule has 160 valence electrons. The first-order chi connectivity index (χ1) is 15.0. The van der Waals surface area contributed by atoms with Crippen LogP contribution in [0.3, 0.4) is 0 Å². The van der Waals surface area contributed by atoms with E-state index >= 15 is 0 Å². The van der Waals surface area contributed by atoms with E-state index in [1.807, 2.05) is 67.3 Å². The number of likely N-dealkylation sites (tertiary alicyclic amines) is 1. The lowest BCUT2D eigenvalue weighted by Crippen LogP contribution is -2.41. The van der Waals surface area contributed by atoms with Crippen LogP contribution in [-0.2, 0) is 0 Å². The number of hydrogen-bond donors (Lipinski definition) is 2. The first-order valence-corrected chi connectivity index (χ1v) is 11.1. The zero-order valence-electron chi connectivity index (χ0n) is 17.6. The Bertz CT molecular complexity index is 1080. The lowest BCUT2D eigenvalue weighted by Gasteiger charge is -2.31. The first kappa shape index (κ1) is 21.0. The van der Waals surface area contributed by atoms with Gasteiger partial charge in [0.2, 0.25) is 5.01 Å². The second kappa shape index (κ2) is 9.26. The summed E-state index contributed by atoms with van der Waals surface area (Å²) in [5, 5.41) is 15.3. The van der Waals surface area contributed by atoms with Gasteiger partial charge in [-0.25, -0.2) is 4.79 Å². The fourth-order valence-electron chi connectivity index (χ4n) is 3.63. The third-order valence-electron chi connectivity index (χ3n) is 5.36. The van der Waals surface area contributed by atoms with Crippen LogP contribution in [0.15, 0.2) is 48.5 Å². The molecule has 0 spiro atoms. The van der Waals surface area contributed by atoms with Crippen LogP contribution in [0.4, 0.5) is 16.2 Å². The van der Waals surface area contributed by atoms with E-state index in [1.165, 1.54) is 11.3 Å². The summed E-state index contributed by atoms with van der Waals surface area (Å²) in [6, 6.07) is 15.2. The minimum Gasteiger partial charge on any atom is -0.324 e. The molecule has 1 aliphatic heterocycles. The van der Waals surface area contributed by atoms with Gasteiger partial charge in [0.05, 0.1) is 0 Å². The minimum absolute atomic E-state index is 0.0777. The lowest BCUT2D eigenvalue weighted by molar-refractivity contribution is 0.102. The molecule has 0 saturated carbocycles. The third-order valence-corrected chi connectivity index (χ3v) is 6.44. The summed E-state index contributed by atoms with van der Waals surface area (Å²) in [6.45, 7) is 5.25. The van der Waals surface area contributed by atoms with E-state index in [2.05, 4.69) is 20.8 Å². The SMILES string of the molecule is Cc1ccc(C)c(NC(=O)N2CCCC(c3nnc(C(=O)Nc4ccccc4)s3)C2)c1. The third kappa shape index (κ3) is 5.08. The molecule has 0 radical (unpaired) electrons. The first-order valence-electron chi connectivity index (χ1n) is 10.3. The van der Waals surface area contributed by atoms with Crippen LogP contribution in [0.1, 0.15) is 44.7 Å². The Kier molecular flexibility index (Phi) is 6.27. The molecular formula is C23H25N5O2S. The molecule has 1 saturated heterocycles. The van der Waals surface area contributed by atoms with Gasteiger partial charge >= 0.3 is 6.03 Å². The number of urea groups is 1. The van der Waals surface area contributed by atoms with Crippen molar-refractivity contribution in [2.24, 2.45) is 0 Å². The van der Waals surface area contributed by atoms with E-state index in [9.17, 15) is 9.59 Å². The van der Waals surface area contributed by atoms with Crippen LogP contribution in [0, 0.1) is 13.8 Å². The molecule has 1 aliphatic rings. The number of nitrogens with one attached hydrogen (secondary N) is 2. The predicted molar refractivity (Wildman–Crippen MR) is 123 cm³/mol. The van der Waals surface area contributed by atoms with Gasteiger partial charge in [0, 0.05) is 30.4 Å². The smallest absolute Gasteiger partial charge is 0.321 e. The number of rotatable bonds is 4. The van der Waals surface area contributed by atoms with Crippen LogP contribution in [0.2, 0.25) is 0 Å². The predicted octanol–water partition coefficient (Wildman–Crippen LogP) is 4.82. The molecule has 1 fully saturated rings. The summed E-state index contributed by atoms with van der Waals surface area (Å²) >= 11 is 1.30. The maximum Gasteiger partial charge on any atom is 0.321 e. The largest absolute Gasteiger partial charge is 0.324 e. The van der Waals surface area contributed by atoms with Crippen molar-refractivity contribution in [2.75, 3.05) is 23.7 Å². The molecule has 8 heteroatoms. The maximum absolute atomic E-state index is 12.8. The number of hydrogen-bond acceptors (Lipinski definition) is 5. The molecule has 0 aliphatic carbocycles. The second-order valence-electron chi connectivity index (χ2n) is 7.80. The van der Waals surface area contributed by atoms with Crippen molar-refractivity contribution in [2.45, 2.75) is 32.6 Å². The van der Waals surface area contributed by atoms with Crippen LogP contribution in [0.25, 0.3) is 0 Å². The van der Waals surface area contributed by atoms with Crippen molar-refractivity contribution in [3.63, 3.8) is 0 Å². The monoisotopic (exact) mass is 435 g/mol. The van der Waals surface area contributed by atoms with Crippen molar-refractivity contribution in [3.05, 3.63) is 69.7 Å². The Balaban J connectivity index is 1.40. The van der Waals surface area contributed by atoms with E-state index < -0.39 is 0 Å². The Hall–Kier alpha value is -3.26. The lowest BCUT2D eigenvalue weighted by atomic mass is 9.99. The van der Waals surface area contributed by atoms with Crippen molar-refractivity contribution in [1.29, 1.82) is 0 Å². The van der Waals surface area contributed by atoms with Crippen LogP contribution in [-0.4, -0.2) is 40.1 Å². The number of nitrogens with zero attached hydrogens (tertiary/aromatic N) is 3. The van der Waals surface area contributed by atoms with Gasteiger partial charge < -0.3 is 15.5 Å². The fraction of sp³-hybridized carbons (Fsp3) is 0.304. The van der Waals surface area contributed by atoms with E-state index in [0.29, 0.717) is 18.1 Å². The normalized spacial score (nSPS) is 16.1. The number of aromatic nitrogens is 2. The van der Waals surface area contributed by atoms with Crippen LogP contribution < -0.4 is 10.6 Å². The van der Waals surface area contributed by atoms with Gasteiger partial charge in [-0.1, -0.05) is 41.7 Å². The molecule has 3 aromatic rings. The molecule has 7 nitrogen and oxygen atoms in total. The van der Waals surface area contributed by atoms with Crippen molar-refractivity contribution in [3.8, 4) is 0 Å². The highest BCUT2D eigenvalue weighted by molar-refractivity contribution is 7.13. The summed E-state index contributed by atoms with van der Waals surface area (Å²) in [5.74, 6) is -0.191. The van der Waals surface area contributed by atoms with Gasteiger partial charge in [-0.2, -0.15) is 0 Å². The van der Waals surface area contributed by atoms with Gasteiger partial charge in [0.1, 0.15) is 5.01 Å². The van der Waals surface area contributed by atoms with Crippen molar-refractivity contribution >= 4 is 34.6 Å². The van der Waals surface area contributed by atoms with E-state index in [0.717, 1.165) is 40.4 Å². The standard InChI is InChI=1S/C23H25N5O2S/c1-15-10-11-16(2)19(13-15)25-23(30)28-12-6-7-17(14-28)21-26-27-22(31-21)20(29)24-18-8-4-3-5-9-18/h3-5,8-11,13,17H,6-7,12,14H2,1-2H3,(H,24,29)(H,25,30). The summed E-state index contributed by atoms with van der Waals surface area (Å²) in [7, 11) is 0. The molecule has 2 aromatic carbocycles. The van der Waals surface area contributed by atoms with Gasteiger partial charge in [-0.05, 0) is 56.0 Å². The van der Waals surface area contributed by atoms with Gasteiger partial charge in [0.25, 0.3) is 5.91 Å². The number of aryl methyl sites for hydroxylation is 2. The molecule has 4 rings (SSSR count). The summed E-state index contributed by atoms with van der Waals surface area (Å²) in [6.07, 6.45) is 1.80. The van der Waals surface area contributed by atoms with E-state index in [4.69, 9.17) is 0 Å². The van der Waals surface area contributed by atoms with E-state index in [1.54, 1.807) is 0 Å². The topological polar surface area (TPSA) is 87.2 Å². The average molecular weight is 436 g/mol. The second-order valence-corrected chi connectivity index (χ2v) is 8.81. The van der Waals surface area contributed by atoms with Gasteiger partial charge in [-0.15, -0.1) is 10.2 Å². The molecule has 1 atom stereocenters. The minimum atomic E-state index is -0.268. The highest BCUT2D eigenvalue weighted by Crippen LogP contribution is 2.30. The molecule has 2 N–H and O–H groups in total.